The van der Waals surface area contributed by atoms with Gasteiger partial charge in [0, 0.05) is 13.1 Å². The molecule has 1 aliphatic carbocycles. The molecule has 0 bridgehead atoms. The first-order valence-electron chi connectivity index (χ1n) is 5.98. The molecule has 0 aromatic carbocycles. The molecule has 1 saturated heterocycles. The van der Waals surface area contributed by atoms with Crippen LogP contribution in [-0.2, 0) is 0 Å². The van der Waals surface area contributed by atoms with Gasteiger partial charge in [0.1, 0.15) is 6.33 Å². The third-order valence-corrected chi connectivity index (χ3v) is 4.04. The maximum absolute atomic E-state index is 12.2. The van der Waals surface area contributed by atoms with Gasteiger partial charge in [-0.05, 0) is 24.7 Å². The minimum absolute atomic E-state index is 0.122. The second kappa shape index (κ2) is 3.68. The van der Waals surface area contributed by atoms with E-state index in [1.54, 1.807) is 4.90 Å². The average Bonchev–Trinajstić information content (AvgIpc) is 2.73. The van der Waals surface area contributed by atoms with Gasteiger partial charge in [-0.15, -0.1) is 0 Å². The number of hydrogen-bond acceptors (Lipinski definition) is 4. The molecule has 1 saturated carbocycles. The van der Waals surface area contributed by atoms with Crippen LogP contribution in [0.25, 0.3) is 0 Å². The Morgan fingerprint density at radius 2 is 2.24 bits per heavy atom. The first kappa shape index (κ1) is 10.5. The van der Waals surface area contributed by atoms with Crippen molar-refractivity contribution in [3.05, 3.63) is 18.2 Å². The largest absolute Gasteiger partial charge is 0.504 e. The third-order valence-electron chi connectivity index (χ3n) is 4.04. The van der Waals surface area contributed by atoms with E-state index in [9.17, 15) is 9.90 Å². The summed E-state index contributed by atoms with van der Waals surface area (Å²) in [5.74, 6) is -0.305. The molecule has 5 heteroatoms. The van der Waals surface area contributed by atoms with Crippen LogP contribution in [0.3, 0.4) is 0 Å². The smallest absolute Gasteiger partial charge is 0.276 e. The molecule has 5 nitrogen and oxygen atoms in total. The molecule has 2 aliphatic rings. The lowest BCUT2D eigenvalue weighted by atomic mass is 9.68. The zero-order chi connectivity index (χ0) is 11.9. The van der Waals surface area contributed by atoms with E-state index in [0.717, 1.165) is 19.5 Å². The lowest BCUT2D eigenvalue weighted by Gasteiger charge is -2.37. The van der Waals surface area contributed by atoms with E-state index >= 15 is 0 Å². The van der Waals surface area contributed by atoms with Crippen LogP contribution in [0.1, 0.15) is 36.2 Å². The summed E-state index contributed by atoms with van der Waals surface area (Å²) in [6.45, 7) is 1.59. The molecule has 1 aliphatic heterocycles. The van der Waals surface area contributed by atoms with Crippen LogP contribution in [0.2, 0.25) is 0 Å². The minimum Gasteiger partial charge on any atom is -0.504 e. The van der Waals surface area contributed by atoms with E-state index in [1.165, 1.54) is 31.8 Å². The summed E-state index contributed by atoms with van der Waals surface area (Å²) in [6, 6.07) is 0. The number of aromatic nitrogens is 2. The second-order valence-electron chi connectivity index (χ2n) is 5.09. The van der Waals surface area contributed by atoms with Gasteiger partial charge in [-0.25, -0.2) is 9.97 Å². The summed E-state index contributed by atoms with van der Waals surface area (Å²) in [7, 11) is 0. The fraction of sp³-hybridized carbons (Fsp3) is 0.583. The maximum Gasteiger partial charge on any atom is 0.276 e. The summed E-state index contributed by atoms with van der Waals surface area (Å²) < 4.78 is 0. The number of likely N-dealkylation sites (tertiary alicyclic amines) is 1. The van der Waals surface area contributed by atoms with E-state index in [4.69, 9.17) is 0 Å². The average molecular weight is 233 g/mol. The van der Waals surface area contributed by atoms with Gasteiger partial charge in [0.15, 0.2) is 11.4 Å². The van der Waals surface area contributed by atoms with Crippen LogP contribution < -0.4 is 0 Å². The molecular weight excluding hydrogens is 218 g/mol. The predicted molar refractivity (Wildman–Crippen MR) is 60.5 cm³/mol. The molecule has 1 aromatic heterocycles. The van der Waals surface area contributed by atoms with Gasteiger partial charge in [0.05, 0.1) is 6.20 Å². The Kier molecular flexibility index (Phi) is 2.28. The highest BCUT2D eigenvalue weighted by Crippen LogP contribution is 2.48. The highest BCUT2D eigenvalue weighted by Gasteiger charge is 2.44. The minimum atomic E-state index is -0.173. The molecule has 0 unspecified atom stereocenters. The normalized spacial score (nSPS) is 21.5. The Labute approximate surface area is 99.5 Å². The second-order valence-corrected chi connectivity index (χ2v) is 5.09. The van der Waals surface area contributed by atoms with Crippen LogP contribution in [0.15, 0.2) is 12.5 Å². The quantitative estimate of drug-likeness (QED) is 0.791. The van der Waals surface area contributed by atoms with Crippen molar-refractivity contribution in [2.75, 3.05) is 13.1 Å². The van der Waals surface area contributed by atoms with Gasteiger partial charge in [0.2, 0.25) is 0 Å². The fourth-order valence-electron chi connectivity index (χ4n) is 2.83. The first-order valence-corrected chi connectivity index (χ1v) is 5.98. The van der Waals surface area contributed by atoms with Gasteiger partial charge in [-0.3, -0.25) is 4.79 Å². The van der Waals surface area contributed by atoms with Crippen molar-refractivity contribution in [1.82, 2.24) is 14.9 Å². The molecule has 90 valence electrons. The van der Waals surface area contributed by atoms with Crippen molar-refractivity contribution < 1.29 is 9.90 Å². The van der Waals surface area contributed by atoms with Crippen LogP contribution in [0.5, 0.6) is 5.75 Å². The zero-order valence-electron chi connectivity index (χ0n) is 9.59. The summed E-state index contributed by atoms with van der Waals surface area (Å²) in [4.78, 5) is 21.5. The van der Waals surface area contributed by atoms with E-state index in [1.807, 2.05) is 0 Å². The zero-order valence-corrected chi connectivity index (χ0v) is 9.59. The van der Waals surface area contributed by atoms with Crippen LogP contribution in [-0.4, -0.2) is 39.0 Å². The van der Waals surface area contributed by atoms with E-state index in [2.05, 4.69) is 9.97 Å². The summed E-state index contributed by atoms with van der Waals surface area (Å²) in [5, 5.41) is 9.57. The van der Waals surface area contributed by atoms with Crippen LogP contribution >= 0.6 is 0 Å². The summed E-state index contributed by atoms with van der Waals surface area (Å²) in [6.07, 6.45) is 7.38. The lowest BCUT2D eigenvalue weighted by Crippen LogP contribution is -2.36. The molecule has 17 heavy (non-hydrogen) atoms. The highest BCUT2D eigenvalue weighted by molar-refractivity contribution is 5.94. The molecule has 2 heterocycles. The molecule has 1 N–H and O–H groups in total. The van der Waals surface area contributed by atoms with Crippen molar-refractivity contribution >= 4 is 5.91 Å². The SMILES string of the molecule is O=C(c1ncncc1O)N1CCC2(CCC2)C1. The molecule has 3 rings (SSSR count). The Balaban J connectivity index is 1.77. The highest BCUT2D eigenvalue weighted by atomic mass is 16.3. The van der Waals surface area contributed by atoms with Crippen LogP contribution in [0, 0.1) is 5.41 Å². The molecule has 0 atom stereocenters. The third kappa shape index (κ3) is 1.66. The number of rotatable bonds is 1. The summed E-state index contributed by atoms with van der Waals surface area (Å²) in [5.41, 5.74) is 0.495. The number of amides is 1. The lowest BCUT2D eigenvalue weighted by molar-refractivity contribution is 0.0723. The Hall–Kier alpha value is -1.65. The Morgan fingerprint density at radius 3 is 2.82 bits per heavy atom. The van der Waals surface area contributed by atoms with Crippen molar-refractivity contribution in [3.8, 4) is 5.75 Å². The number of hydrogen-bond donors (Lipinski definition) is 1. The van der Waals surface area contributed by atoms with Crippen molar-refractivity contribution in [1.29, 1.82) is 0 Å². The Morgan fingerprint density at radius 1 is 1.41 bits per heavy atom. The van der Waals surface area contributed by atoms with E-state index in [-0.39, 0.29) is 17.4 Å². The maximum atomic E-state index is 12.2. The standard InChI is InChI=1S/C12H15N3O2/c16-9-6-13-8-14-10(9)11(17)15-5-4-12(7-15)2-1-3-12/h6,8,16H,1-5,7H2. The molecule has 2 fully saturated rings. The number of carbonyl (C=O) groups is 1. The van der Waals surface area contributed by atoms with Gasteiger partial charge in [-0.2, -0.15) is 0 Å². The van der Waals surface area contributed by atoms with Gasteiger partial charge in [-0.1, -0.05) is 6.42 Å². The van der Waals surface area contributed by atoms with Gasteiger partial charge >= 0.3 is 0 Å². The molecule has 1 aromatic rings. The van der Waals surface area contributed by atoms with E-state index in [0.29, 0.717) is 5.41 Å². The molecule has 0 radical (unpaired) electrons. The predicted octanol–water partition coefficient (Wildman–Crippen LogP) is 1.20. The van der Waals surface area contributed by atoms with Gasteiger partial charge in [0.25, 0.3) is 5.91 Å². The number of nitrogens with zero attached hydrogens (tertiary/aromatic N) is 3. The fourth-order valence-corrected chi connectivity index (χ4v) is 2.83. The number of carbonyl (C=O) groups excluding carboxylic acids is 1. The van der Waals surface area contributed by atoms with Crippen molar-refractivity contribution in [3.63, 3.8) is 0 Å². The van der Waals surface area contributed by atoms with Crippen LogP contribution in [0.4, 0.5) is 0 Å². The molecule has 1 spiro atoms. The monoisotopic (exact) mass is 233 g/mol. The first-order chi connectivity index (χ1) is 8.20. The van der Waals surface area contributed by atoms with Gasteiger partial charge < -0.3 is 10.0 Å². The molecule has 1 amide bonds. The molecular formula is C12H15N3O2. The Bertz CT molecular complexity index is 457. The number of aromatic hydroxyl groups is 1. The van der Waals surface area contributed by atoms with Crippen molar-refractivity contribution in [2.45, 2.75) is 25.7 Å². The van der Waals surface area contributed by atoms with E-state index < -0.39 is 0 Å². The topological polar surface area (TPSA) is 66.3 Å². The van der Waals surface area contributed by atoms with Crippen molar-refractivity contribution in [2.24, 2.45) is 5.41 Å². The summed E-state index contributed by atoms with van der Waals surface area (Å²) >= 11 is 0.